The van der Waals surface area contributed by atoms with Gasteiger partial charge in [-0.15, -0.1) is 0 Å². The molecule has 0 unspecified atom stereocenters. The summed E-state index contributed by atoms with van der Waals surface area (Å²) in [6.07, 6.45) is 3.39. The second kappa shape index (κ2) is 13.0. The number of ether oxygens (including phenoxy) is 2. The SMILES string of the molecule is C=CC(=O)N(CCS(C)(=O)=O)C(=O)[C@H]1C[C@H](Oc2cc3c(Nc4ccc(F)c(Cl)c4F)ncnc3cc2OC)CCN1. The van der Waals surface area contributed by atoms with Crippen LogP contribution in [0.15, 0.2) is 43.2 Å². The van der Waals surface area contributed by atoms with Gasteiger partial charge in [0.15, 0.2) is 17.3 Å². The van der Waals surface area contributed by atoms with E-state index >= 15 is 0 Å². The molecule has 224 valence electrons. The minimum Gasteiger partial charge on any atom is -0.493 e. The number of benzene rings is 2. The maximum Gasteiger partial charge on any atom is 0.252 e. The number of anilines is 2. The molecule has 0 bridgehead atoms. The first-order valence-corrected chi connectivity index (χ1v) is 15.1. The largest absolute Gasteiger partial charge is 0.493 e. The van der Waals surface area contributed by atoms with Crippen molar-refractivity contribution in [3.8, 4) is 11.5 Å². The molecule has 2 aromatic carbocycles. The molecular formula is C27H28ClF2N5O6S. The molecular weight excluding hydrogens is 596 g/mol. The third kappa shape index (κ3) is 7.12. The third-order valence-corrected chi connectivity index (χ3v) is 7.82. The normalized spacial score (nSPS) is 17.0. The van der Waals surface area contributed by atoms with Crippen LogP contribution in [0.1, 0.15) is 12.8 Å². The fourth-order valence-corrected chi connectivity index (χ4v) is 5.09. The van der Waals surface area contributed by atoms with Gasteiger partial charge in [0, 0.05) is 30.7 Å². The van der Waals surface area contributed by atoms with E-state index in [0.717, 1.165) is 23.3 Å². The van der Waals surface area contributed by atoms with Crippen molar-refractivity contribution in [2.24, 2.45) is 0 Å². The number of carbonyl (C=O) groups excluding carboxylic acids is 2. The Morgan fingerprint density at radius 2 is 2.02 bits per heavy atom. The number of sulfone groups is 1. The van der Waals surface area contributed by atoms with Crippen molar-refractivity contribution in [2.75, 3.05) is 37.5 Å². The zero-order valence-corrected chi connectivity index (χ0v) is 24.3. The number of carbonyl (C=O) groups is 2. The predicted molar refractivity (Wildman–Crippen MR) is 153 cm³/mol. The number of rotatable bonds is 10. The average Bonchev–Trinajstić information content (AvgIpc) is 2.96. The molecule has 2 N–H and O–H groups in total. The summed E-state index contributed by atoms with van der Waals surface area (Å²) in [4.78, 5) is 34.9. The number of nitrogens with zero attached hydrogens (tertiary/aromatic N) is 3. The first-order chi connectivity index (χ1) is 19.9. The van der Waals surface area contributed by atoms with Gasteiger partial charge < -0.3 is 20.1 Å². The number of halogens is 3. The lowest BCUT2D eigenvalue weighted by atomic mass is 10.0. The van der Waals surface area contributed by atoms with Crippen LogP contribution in [0.2, 0.25) is 5.02 Å². The minimum atomic E-state index is -3.43. The van der Waals surface area contributed by atoms with Crippen molar-refractivity contribution in [3.63, 3.8) is 0 Å². The van der Waals surface area contributed by atoms with Crippen molar-refractivity contribution >= 4 is 55.7 Å². The molecule has 1 aliphatic rings. The van der Waals surface area contributed by atoms with E-state index in [1.807, 2.05) is 0 Å². The van der Waals surface area contributed by atoms with E-state index in [1.165, 1.54) is 19.5 Å². The Hall–Kier alpha value is -3.88. The highest BCUT2D eigenvalue weighted by Gasteiger charge is 2.34. The molecule has 2 heterocycles. The third-order valence-electron chi connectivity index (χ3n) is 6.55. The van der Waals surface area contributed by atoms with E-state index < -0.39 is 50.5 Å². The molecule has 1 fully saturated rings. The number of piperidine rings is 1. The molecule has 2 amide bonds. The van der Waals surface area contributed by atoms with E-state index in [9.17, 15) is 26.8 Å². The highest BCUT2D eigenvalue weighted by atomic mass is 35.5. The number of methoxy groups -OCH3 is 1. The lowest BCUT2D eigenvalue weighted by Gasteiger charge is -2.33. The van der Waals surface area contributed by atoms with Crippen LogP contribution >= 0.6 is 11.6 Å². The highest BCUT2D eigenvalue weighted by molar-refractivity contribution is 7.90. The molecule has 0 aliphatic carbocycles. The Kier molecular flexibility index (Phi) is 9.59. The number of fused-ring (bicyclic) bond motifs is 1. The molecule has 1 aromatic heterocycles. The summed E-state index contributed by atoms with van der Waals surface area (Å²) in [5, 5.41) is 5.63. The van der Waals surface area contributed by atoms with Gasteiger partial charge in [-0.2, -0.15) is 0 Å². The number of imide groups is 1. The first kappa shape index (κ1) is 31.1. The summed E-state index contributed by atoms with van der Waals surface area (Å²) >= 11 is 5.72. The number of hydrogen-bond donors (Lipinski definition) is 2. The molecule has 15 heteroatoms. The van der Waals surface area contributed by atoms with Gasteiger partial charge in [0.25, 0.3) is 5.91 Å². The quantitative estimate of drug-likeness (QED) is 0.255. The van der Waals surface area contributed by atoms with Crippen LogP contribution in [0.5, 0.6) is 11.5 Å². The average molecular weight is 624 g/mol. The van der Waals surface area contributed by atoms with Gasteiger partial charge in [-0.25, -0.2) is 27.2 Å². The summed E-state index contributed by atoms with van der Waals surface area (Å²) in [6.45, 7) is 3.47. The zero-order valence-electron chi connectivity index (χ0n) is 22.7. The molecule has 11 nitrogen and oxygen atoms in total. The van der Waals surface area contributed by atoms with Crippen molar-refractivity contribution in [3.05, 3.63) is 59.9 Å². The van der Waals surface area contributed by atoms with Gasteiger partial charge in [0.1, 0.15) is 38.9 Å². The number of hydrogen-bond acceptors (Lipinski definition) is 10. The maximum absolute atomic E-state index is 14.6. The molecule has 0 radical (unpaired) electrons. The van der Waals surface area contributed by atoms with Crippen LogP contribution in [-0.2, 0) is 19.4 Å². The molecule has 0 spiro atoms. The van der Waals surface area contributed by atoms with Crippen molar-refractivity contribution in [2.45, 2.75) is 25.0 Å². The van der Waals surface area contributed by atoms with Gasteiger partial charge in [0.05, 0.1) is 30.1 Å². The smallest absolute Gasteiger partial charge is 0.252 e. The van der Waals surface area contributed by atoms with Gasteiger partial charge in [-0.05, 0) is 37.2 Å². The summed E-state index contributed by atoms with van der Waals surface area (Å²) in [6, 6.07) is 4.58. The summed E-state index contributed by atoms with van der Waals surface area (Å²) in [5.41, 5.74) is 0.335. The second-order valence-corrected chi connectivity index (χ2v) is 12.2. The fourth-order valence-electron chi connectivity index (χ4n) is 4.41. The van der Waals surface area contributed by atoms with Crippen LogP contribution in [0, 0.1) is 11.6 Å². The summed E-state index contributed by atoms with van der Waals surface area (Å²) in [7, 11) is -1.99. The number of aromatic nitrogens is 2. The first-order valence-electron chi connectivity index (χ1n) is 12.7. The topological polar surface area (TPSA) is 140 Å². The predicted octanol–water partition coefficient (Wildman–Crippen LogP) is 3.40. The van der Waals surface area contributed by atoms with Gasteiger partial charge >= 0.3 is 0 Å². The zero-order chi connectivity index (χ0) is 30.6. The van der Waals surface area contributed by atoms with Gasteiger partial charge in [-0.3, -0.25) is 14.5 Å². The highest BCUT2D eigenvalue weighted by Crippen LogP contribution is 2.37. The summed E-state index contributed by atoms with van der Waals surface area (Å²) in [5.74, 6) is -2.76. The van der Waals surface area contributed by atoms with E-state index in [-0.39, 0.29) is 36.0 Å². The molecule has 1 aliphatic heterocycles. The molecule has 3 aromatic rings. The van der Waals surface area contributed by atoms with Gasteiger partial charge in [0.2, 0.25) is 5.91 Å². The van der Waals surface area contributed by atoms with E-state index in [0.29, 0.717) is 29.6 Å². The molecule has 0 saturated carbocycles. The Morgan fingerprint density at radius 1 is 1.26 bits per heavy atom. The van der Waals surface area contributed by atoms with Gasteiger partial charge in [-0.1, -0.05) is 18.2 Å². The van der Waals surface area contributed by atoms with Crippen molar-refractivity contribution < 1.29 is 36.3 Å². The Bertz CT molecular complexity index is 1640. The Morgan fingerprint density at radius 3 is 2.71 bits per heavy atom. The molecule has 1 saturated heterocycles. The van der Waals surface area contributed by atoms with Crippen LogP contribution < -0.4 is 20.1 Å². The van der Waals surface area contributed by atoms with Crippen molar-refractivity contribution in [1.82, 2.24) is 20.2 Å². The van der Waals surface area contributed by atoms with E-state index in [4.69, 9.17) is 21.1 Å². The molecule has 2 atom stereocenters. The van der Waals surface area contributed by atoms with E-state index in [2.05, 4.69) is 27.2 Å². The summed E-state index contributed by atoms with van der Waals surface area (Å²) < 4.78 is 63.3. The van der Waals surface area contributed by atoms with Crippen molar-refractivity contribution in [1.29, 1.82) is 0 Å². The Balaban J connectivity index is 1.58. The second-order valence-electron chi connectivity index (χ2n) is 9.52. The molecule has 42 heavy (non-hydrogen) atoms. The fraction of sp³-hybridized carbons (Fsp3) is 0.333. The monoisotopic (exact) mass is 623 g/mol. The van der Waals surface area contributed by atoms with Crippen LogP contribution in [0.25, 0.3) is 10.9 Å². The number of nitrogens with one attached hydrogen (secondary N) is 2. The molecule has 4 rings (SSSR count). The standard InChI is InChI=1S/C27H28ClF2N5O6S/c1-4-23(36)35(9-10-42(3,38)39)27(37)20-11-15(7-8-31-20)41-22-12-16-19(13-21(22)40-2)32-14-33-26(16)34-18-6-5-17(29)24(28)25(18)30/h4-6,12-15,20,31H,1,7-11H2,2-3H3,(H,32,33,34)/t15-,20-/m1/s1. The maximum atomic E-state index is 14.6. The van der Waals surface area contributed by atoms with Crippen LogP contribution in [-0.4, -0.2) is 79.5 Å². The minimum absolute atomic E-state index is 0.103. The Labute approximate surface area is 245 Å². The lowest BCUT2D eigenvalue weighted by molar-refractivity contribution is -0.144. The van der Waals surface area contributed by atoms with Crippen LogP contribution in [0.4, 0.5) is 20.3 Å². The lowest BCUT2D eigenvalue weighted by Crippen LogP contribution is -2.54. The van der Waals surface area contributed by atoms with E-state index in [1.54, 1.807) is 12.1 Å². The number of amides is 2. The van der Waals surface area contributed by atoms with Crippen LogP contribution in [0.3, 0.4) is 0 Å².